The molecule has 1 saturated heterocycles. The lowest BCUT2D eigenvalue weighted by Crippen LogP contribution is -2.33. The number of hydrogen-bond acceptors (Lipinski definition) is 8. The second-order valence-corrected chi connectivity index (χ2v) is 7.77. The third-order valence-electron chi connectivity index (χ3n) is 5.21. The molecule has 0 spiro atoms. The van der Waals surface area contributed by atoms with E-state index in [1.54, 1.807) is 14.1 Å². The molecule has 12 nitrogen and oxygen atoms in total. The first-order chi connectivity index (χ1) is 16.6. The molecule has 1 unspecified atom stereocenters. The Bertz CT molecular complexity index is 1240. The topological polar surface area (TPSA) is 142 Å². The van der Waals surface area contributed by atoms with Gasteiger partial charge in [-0.1, -0.05) is 0 Å². The number of carbonyl (C=O) groups is 2. The number of rotatable bonds is 7. The molecule has 1 aliphatic heterocycles. The van der Waals surface area contributed by atoms with Gasteiger partial charge in [0.15, 0.2) is 11.5 Å². The minimum Gasteiger partial charge on any atom is -0.444 e. The number of hydrogen-bond donors (Lipinski definition) is 3. The van der Waals surface area contributed by atoms with Crippen LogP contribution < -0.4 is 15.5 Å². The lowest BCUT2D eigenvalue weighted by molar-refractivity contribution is -0.115. The Morgan fingerprint density at radius 2 is 2.11 bits per heavy atom. The van der Waals surface area contributed by atoms with E-state index < -0.39 is 24.7 Å². The highest BCUT2D eigenvalue weighted by molar-refractivity contribution is 6.06. The maximum atomic E-state index is 12.8. The Morgan fingerprint density at radius 3 is 2.80 bits per heavy atom. The van der Waals surface area contributed by atoms with Gasteiger partial charge in [-0.05, 0) is 12.1 Å². The third kappa shape index (κ3) is 5.18. The van der Waals surface area contributed by atoms with Crippen molar-refractivity contribution < 1.29 is 32.3 Å². The number of aryl methyl sites for hydroxylation is 1. The van der Waals surface area contributed by atoms with Crippen molar-refractivity contribution >= 4 is 29.3 Å². The van der Waals surface area contributed by atoms with Crippen molar-refractivity contribution in [3.8, 4) is 11.5 Å². The van der Waals surface area contributed by atoms with Gasteiger partial charge in [0.2, 0.25) is 5.89 Å². The van der Waals surface area contributed by atoms with Crippen molar-refractivity contribution in [2.75, 3.05) is 42.3 Å². The highest BCUT2D eigenvalue weighted by Crippen LogP contribution is 2.29. The Morgan fingerprint density at radius 1 is 1.34 bits per heavy atom. The van der Waals surface area contributed by atoms with Crippen molar-refractivity contribution in [3.63, 3.8) is 0 Å². The Labute approximate surface area is 196 Å². The summed E-state index contributed by atoms with van der Waals surface area (Å²) in [5.41, 5.74) is 0.450. The largest absolute Gasteiger partial charge is 0.444 e. The maximum absolute atomic E-state index is 12.8. The summed E-state index contributed by atoms with van der Waals surface area (Å²) >= 11 is 0. The summed E-state index contributed by atoms with van der Waals surface area (Å²) in [6.45, 7) is -1.30. The van der Waals surface area contributed by atoms with Crippen LogP contribution in [-0.2, 0) is 7.05 Å². The van der Waals surface area contributed by atoms with Crippen molar-refractivity contribution in [1.82, 2.24) is 24.6 Å². The average Bonchev–Trinajstić information content (AvgIpc) is 3.51. The molecule has 186 valence electrons. The summed E-state index contributed by atoms with van der Waals surface area (Å²) in [5, 5.41) is 18.5. The molecule has 0 aliphatic carbocycles. The van der Waals surface area contributed by atoms with E-state index in [4.69, 9.17) is 4.42 Å². The van der Waals surface area contributed by atoms with Crippen LogP contribution in [0.15, 0.2) is 35.2 Å². The molecular formula is C20H21F3N8O4. The number of urea groups is 1. The Hall–Kier alpha value is -4.14. The van der Waals surface area contributed by atoms with Gasteiger partial charge in [0.05, 0.1) is 25.4 Å². The number of aliphatic hydroxyl groups excluding tert-OH is 1. The fourth-order valence-corrected chi connectivity index (χ4v) is 3.43. The SMILES string of the molecule is CN1C(=O)N(c2nn(C)cc2NC(=O)c2coc(-c3ccnc(NCC(F)(F)F)c3)n2)CC1CO. The molecule has 0 bridgehead atoms. The van der Waals surface area contributed by atoms with E-state index in [1.807, 2.05) is 0 Å². The molecule has 3 aromatic heterocycles. The number of aromatic nitrogens is 4. The van der Waals surface area contributed by atoms with E-state index in [1.165, 1.54) is 39.0 Å². The molecule has 0 aromatic carbocycles. The second-order valence-electron chi connectivity index (χ2n) is 7.77. The first-order valence-electron chi connectivity index (χ1n) is 10.3. The van der Waals surface area contributed by atoms with Gasteiger partial charge in [0.1, 0.15) is 24.3 Å². The molecule has 0 saturated carbocycles. The number of nitrogens with one attached hydrogen (secondary N) is 2. The molecule has 4 rings (SSSR count). The maximum Gasteiger partial charge on any atom is 0.405 e. The van der Waals surface area contributed by atoms with Gasteiger partial charge in [-0.15, -0.1) is 0 Å². The molecule has 3 N–H and O–H groups in total. The normalized spacial score (nSPS) is 16.2. The summed E-state index contributed by atoms with van der Waals surface area (Å²) in [6, 6.07) is 1.99. The monoisotopic (exact) mass is 494 g/mol. The van der Waals surface area contributed by atoms with Crippen LogP contribution in [0.3, 0.4) is 0 Å². The molecule has 4 heterocycles. The van der Waals surface area contributed by atoms with Crippen molar-refractivity contribution in [2.45, 2.75) is 12.2 Å². The first-order valence-corrected chi connectivity index (χ1v) is 10.3. The number of aliphatic hydroxyl groups is 1. The van der Waals surface area contributed by atoms with E-state index >= 15 is 0 Å². The Balaban J connectivity index is 1.50. The summed E-state index contributed by atoms with van der Waals surface area (Å²) in [7, 11) is 3.18. The number of likely N-dealkylation sites (N-methyl/N-ethyl adjacent to an activating group) is 1. The van der Waals surface area contributed by atoms with Crippen LogP contribution in [-0.4, -0.2) is 80.7 Å². The van der Waals surface area contributed by atoms with Crippen molar-refractivity contribution in [3.05, 3.63) is 36.5 Å². The van der Waals surface area contributed by atoms with Crippen LogP contribution in [0.4, 0.5) is 35.3 Å². The zero-order valence-corrected chi connectivity index (χ0v) is 18.6. The summed E-state index contributed by atoms with van der Waals surface area (Å²) < 4.78 is 44.1. The van der Waals surface area contributed by atoms with E-state index in [0.717, 1.165) is 6.26 Å². The van der Waals surface area contributed by atoms with Gasteiger partial charge in [0.25, 0.3) is 5.91 Å². The fourth-order valence-electron chi connectivity index (χ4n) is 3.43. The van der Waals surface area contributed by atoms with Crippen LogP contribution in [0.2, 0.25) is 0 Å². The van der Waals surface area contributed by atoms with Crippen molar-refractivity contribution in [2.24, 2.45) is 7.05 Å². The van der Waals surface area contributed by atoms with E-state index in [2.05, 4.69) is 25.7 Å². The minimum absolute atomic E-state index is 0.00107. The highest BCUT2D eigenvalue weighted by atomic mass is 19.4. The lowest BCUT2D eigenvalue weighted by atomic mass is 10.2. The van der Waals surface area contributed by atoms with Gasteiger partial charge >= 0.3 is 12.2 Å². The lowest BCUT2D eigenvalue weighted by Gasteiger charge is -2.15. The standard InChI is InChI=1S/C20H21F3N8O4/c1-29-7-13(16(28-29)31-6-12(8-32)30(2)19(31)34)26-17(33)14-9-35-18(27-14)11-3-4-24-15(5-11)25-10-20(21,22)23/h3-5,7,9,12,32H,6,8,10H2,1-2H3,(H,24,25)(H,26,33). The highest BCUT2D eigenvalue weighted by Gasteiger charge is 2.37. The van der Waals surface area contributed by atoms with Gasteiger partial charge in [-0.3, -0.25) is 14.4 Å². The molecule has 1 atom stereocenters. The van der Waals surface area contributed by atoms with Crippen LogP contribution in [0.25, 0.3) is 11.5 Å². The second kappa shape index (κ2) is 9.25. The zero-order valence-electron chi connectivity index (χ0n) is 18.6. The summed E-state index contributed by atoms with van der Waals surface area (Å²) in [6.07, 6.45) is -0.523. The smallest absolute Gasteiger partial charge is 0.405 e. The minimum atomic E-state index is -4.41. The number of nitrogens with zero attached hydrogens (tertiary/aromatic N) is 6. The van der Waals surface area contributed by atoms with Crippen LogP contribution in [0, 0.1) is 0 Å². The Kier molecular flexibility index (Phi) is 6.34. The van der Waals surface area contributed by atoms with E-state index in [9.17, 15) is 27.9 Å². The molecule has 3 aromatic rings. The van der Waals surface area contributed by atoms with Gasteiger partial charge in [-0.2, -0.15) is 18.3 Å². The van der Waals surface area contributed by atoms with Gasteiger partial charge < -0.3 is 25.1 Å². The van der Waals surface area contributed by atoms with E-state index in [-0.39, 0.29) is 48.1 Å². The summed E-state index contributed by atoms with van der Waals surface area (Å²) in [5.74, 6) is -0.490. The first kappa shape index (κ1) is 24.0. The molecular weight excluding hydrogens is 473 g/mol. The number of amides is 3. The summed E-state index contributed by atoms with van der Waals surface area (Å²) in [4.78, 5) is 36.0. The molecule has 1 fully saturated rings. The molecule has 1 aliphatic rings. The van der Waals surface area contributed by atoms with Crippen LogP contribution in [0.1, 0.15) is 10.5 Å². The van der Waals surface area contributed by atoms with Gasteiger partial charge in [-0.25, -0.2) is 14.8 Å². The average molecular weight is 494 g/mol. The molecule has 3 amide bonds. The third-order valence-corrected chi connectivity index (χ3v) is 5.21. The zero-order chi connectivity index (χ0) is 25.3. The van der Waals surface area contributed by atoms with Crippen LogP contribution >= 0.6 is 0 Å². The number of oxazole rings is 1. The number of anilines is 3. The van der Waals surface area contributed by atoms with Crippen molar-refractivity contribution in [1.29, 1.82) is 0 Å². The van der Waals surface area contributed by atoms with E-state index in [0.29, 0.717) is 5.56 Å². The predicted molar refractivity (Wildman–Crippen MR) is 117 cm³/mol. The number of halogens is 3. The molecule has 0 radical (unpaired) electrons. The fraction of sp³-hybridized carbons (Fsp3) is 0.350. The number of carbonyl (C=O) groups excluding carboxylic acids is 2. The number of pyridine rings is 1. The van der Waals surface area contributed by atoms with Gasteiger partial charge in [0, 0.05) is 25.9 Å². The quantitative estimate of drug-likeness (QED) is 0.453. The predicted octanol–water partition coefficient (Wildman–Crippen LogP) is 1.93. The molecule has 15 heteroatoms. The molecule has 35 heavy (non-hydrogen) atoms. The number of alkyl halides is 3. The van der Waals surface area contributed by atoms with Crippen LogP contribution in [0.5, 0.6) is 0 Å².